The van der Waals surface area contributed by atoms with E-state index in [0.717, 1.165) is 11.1 Å². The molecule has 2 N–H and O–H groups in total. The van der Waals surface area contributed by atoms with Gasteiger partial charge in [-0.15, -0.1) is 10.2 Å². The summed E-state index contributed by atoms with van der Waals surface area (Å²) in [5.74, 6) is 0.294. The van der Waals surface area contributed by atoms with Crippen LogP contribution >= 0.6 is 11.8 Å². The van der Waals surface area contributed by atoms with Crippen LogP contribution in [0, 0.1) is 6.92 Å². The molecule has 1 aromatic heterocycles. The van der Waals surface area contributed by atoms with Crippen LogP contribution in [0.4, 0.5) is 5.82 Å². The number of nitrogens with zero attached hydrogens (tertiary/aromatic N) is 2. The Morgan fingerprint density at radius 3 is 2.36 bits per heavy atom. The number of amides is 2. The van der Waals surface area contributed by atoms with Crippen LogP contribution in [0.15, 0.2) is 71.8 Å². The van der Waals surface area contributed by atoms with E-state index >= 15 is 0 Å². The molecule has 0 saturated carbocycles. The average Bonchev–Trinajstić information content (AvgIpc) is 2.73. The van der Waals surface area contributed by atoms with Gasteiger partial charge >= 0.3 is 0 Å². The van der Waals surface area contributed by atoms with Crippen molar-refractivity contribution in [2.75, 3.05) is 11.1 Å². The zero-order valence-corrected chi connectivity index (χ0v) is 16.2. The number of aryl methyl sites for hydroxylation is 1. The predicted octanol–water partition coefficient (Wildman–Crippen LogP) is 3.45. The number of rotatable bonds is 7. The SMILES string of the molecule is Cc1ccc(C(=O)Nc2ccc(SCC(=O)NCc3ccccc3)nn2)cc1. The van der Waals surface area contributed by atoms with E-state index in [4.69, 9.17) is 0 Å². The van der Waals surface area contributed by atoms with E-state index in [-0.39, 0.29) is 17.6 Å². The first-order valence-corrected chi connectivity index (χ1v) is 9.74. The van der Waals surface area contributed by atoms with E-state index in [9.17, 15) is 9.59 Å². The number of thioether (sulfide) groups is 1. The zero-order valence-electron chi connectivity index (χ0n) is 15.4. The first-order chi connectivity index (χ1) is 13.6. The number of aromatic nitrogens is 2. The lowest BCUT2D eigenvalue weighted by Gasteiger charge is -2.06. The summed E-state index contributed by atoms with van der Waals surface area (Å²) in [7, 11) is 0. The Morgan fingerprint density at radius 2 is 1.68 bits per heavy atom. The summed E-state index contributed by atoms with van der Waals surface area (Å²) in [6.45, 7) is 2.46. The molecule has 2 amide bonds. The lowest BCUT2D eigenvalue weighted by Crippen LogP contribution is -2.24. The van der Waals surface area contributed by atoms with Crippen LogP contribution in [-0.4, -0.2) is 27.8 Å². The molecule has 3 rings (SSSR count). The number of carbonyl (C=O) groups is 2. The number of carbonyl (C=O) groups excluding carboxylic acids is 2. The van der Waals surface area contributed by atoms with Gasteiger partial charge in [-0.1, -0.05) is 59.8 Å². The molecule has 0 spiro atoms. The van der Waals surface area contributed by atoms with Crippen molar-refractivity contribution < 1.29 is 9.59 Å². The molecule has 2 aromatic carbocycles. The normalized spacial score (nSPS) is 10.3. The van der Waals surface area contributed by atoms with Crippen LogP contribution in [0.2, 0.25) is 0 Å². The van der Waals surface area contributed by atoms with Gasteiger partial charge in [-0.2, -0.15) is 0 Å². The molecule has 0 aliphatic carbocycles. The Kier molecular flexibility index (Phi) is 6.75. The summed E-state index contributed by atoms with van der Waals surface area (Å²) in [6, 6.07) is 20.4. The molecule has 0 saturated heterocycles. The van der Waals surface area contributed by atoms with Gasteiger partial charge in [0.2, 0.25) is 5.91 Å². The third-order valence-corrected chi connectivity index (χ3v) is 4.80. The minimum absolute atomic E-state index is 0.0765. The minimum atomic E-state index is -0.241. The zero-order chi connectivity index (χ0) is 19.8. The van der Waals surface area contributed by atoms with Crippen LogP contribution < -0.4 is 10.6 Å². The van der Waals surface area contributed by atoms with Crippen molar-refractivity contribution >= 4 is 29.4 Å². The maximum atomic E-state index is 12.2. The second-order valence-electron chi connectivity index (χ2n) is 6.13. The molecule has 28 heavy (non-hydrogen) atoms. The molecular formula is C21H20N4O2S. The van der Waals surface area contributed by atoms with E-state index in [2.05, 4.69) is 20.8 Å². The Bertz CT molecular complexity index is 929. The molecule has 0 fully saturated rings. The number of nitrogens with one attached hydrogen (secondary N) is 2. The van der Waals surface area contributed by atoms with Gasteiger partial charge in [0, 0.05) is 12.1 Å². The van der Waals surface area contributed by atoms with E-state index in [1.54, 1.807) is 24.3 Å². The van der Waals surface area contributed by atoms with Gasteiger partial charge < -0.3 is 10.6 Å². The Morgan fingerprint density at radius 1 is 0.929 bits per heavy atom. The van der Waals surface area contributed by atoms with E-state index in [0.29, 0.717) is 23.0 Å². The minimum Gasteiger partial charge on any atom is -0.351 e. The highest BCUT2D eigenvalue weighted by Gasteiger charge is 2.08. The number of benzene rings is 2. The summed E-state index contributed by atoms with van der Waals surface area (Å²) < 4.78 is 0. The van der Waals surface area contributed by atoms with Gasteiger partial charge in [0.1, 0.15) is 5.03 Å². The van der Waals surface area contributed by atoms with Crippen molar-refractivity contribution in [2.24, 2.45) is 0 Å². The second kappa shape index (κ2) is 9.66. The maximum absolute atomic E-state index is 12.2. The van der Waals surface area contributed by atoms with Crippen molar-refractivity contribution in [2.45, 2.75) is 18.5 Å². The van der Waals surface area contributed by atoms with Crippen molar-refractivity contribution in [3.8, 4) is 0 Å². The lowest BCUT2D eigenvalue weighted by atomic mass is 10.1. The lowest BCUT2D eigenvalue weighted by molar-refractivity contribution is -0.118. The summed E-state index contributed by atoms with van der Waals surface area (Å²) in [4.78, 5) is 24.1. The fourth-order valence-corrected chi connectivity index (χ4v) is 2.99. The third kappa shape index (κ3) is 5.92. The van der Waals surface area contributed by atoms with Gasteiger partial charge in [-0.05, 0) is 36.8 Å². The van der Waals surface area contributed by atoms with Crippen LogP contribution in [0.3, 0.4) is 0 Å². The van der Waals surface area contributed by atoms with Gasteiger partial charge in [0.15, 0.2) is 5.82 Å². The van der Waals surface area contributed by atoms with Gasteiger partial charge in [-0.3, -0.25) is 9.59 Å². The summed E-state index contributed by atoms with van der Waals surface area (Å²) in [5, 5.41) is 14.2. The van der Waals surface area contributed by atoms with Crippen LogP contribution in [-0.2, 0) is 11.3 Å². The van der Waals surface area contributed by atoms with Gasteiger partial charge in [0.25, 0.3) is 5.91 Å². The van der Waals surface area contributed by atoms with Crippen LogP contribution in [0.5, 0.6) is 0 Å². The van der Waals surface area contributed by atoms with Crippen molar-refractivity contribution in [1.29, 1.82) is 0 Å². The van der Waals surface area contributed by atoms with Crippen LogP contribution in [0.25, 0.3) is 0 Å². The molecule has 0 atom stereocenters. The van der Waals surface area contributed by atoms with Crippen molar-refractivity contribution in [3.63, 3.8) is 0 Å². The van der Waals surface area contributed by atoms with Crippen LogP contribution in [0.1, 0.15) is 21.5 Å². The molecule has 0 aliphatic rings. The number of hydrogen-bond acceptors (Lipinski definition) is 5. The average molecular weight is 392 g/mol. The molecule has 0 aliphatic heterocycles. The molecule has 1 heterocycles. The van der Waals surface area contributed by atoms with E-state index in [1.165, 1.54) is 11.8 Å². The number of anilines is 1. The topological polar surface area (TPSA) is 84.0 Å². The highest BCUT2D eigenvalue weighted by molar-refractivity contribution is 7.99. The highest BCUT2D eigenvalue weighted by atomic mass is 32.2. The Labute approximate surface area is 167 Å². The molecule has 0 radical (unpaired) electrons. The summed E-state index contributed by atoms with van der Waals surface area (Å²) in [5.41, 5.74) is 2.70. The van der Waals surface area contributed by atoms with Crippen molar-refractivity contribution in [3.05, 3.63) is 83.4 Å². The Hall–Kier alpha value is -3.19. The van der Waals surface area contributed by atoms with E-state index < -0.39 is 0 Å². The quantitative estimate of drug-likeness (QED) is 0.602. The first-order valence-electron chi connectivity index (χ1n) is 8.75. The molecular weight excluding hydrogens is 372 g/mol. The largest absolute Gasteiger partial charge is 0.351 e. The third-order valence-electron chi connectivity index (χ3n) is 3.88. The predicted molar refractivity (Wildman–Crippen MR) is 110 cm³/mol. The smallest absolute Gasteiger partial charge is 0.256 e. The maximum Gasteiger partial charge on any atom is 0.256 e. The standard InChI is InChI=1S/C21H20N4O2S/c1-15-7-9-17(10-8-15)21(27)23-18-11-12-20(25-24-18)28-14-19(26)22-13-16-5-3-2-4-6-16/h2-12H,13-14H2,1H3,(H,22,26)(H,23,24,27). The Balaban J connectivity index is 1.45. The molecule has 6 nitrogen and oxygen atoms in total. The monoisotopic (exact) mass is 392 g/mol. The second-order valence-corrected chi connectivity index (χ2v) is 7.12. The first kappa shape index (κ1) is 19.6. The van der Waals surface area contributed by atoms with Crippen molar-refractivity contribution in [1.82, 2.24) is 15.5 Å². The molecule has 7 heteroatoms. The fraction of sp³-hybridized carbons (Fsp3) is 0.143. The van der Waals surface area contributed by atoms with E-state index in [1.807, 2.05) is 49.4 Å². The van der Waals surface area contributed by atoms with Gasteiger partial charge in [-0.25, -0.2) is 0 Å². The summed E-state index contributed by atoms with van der Waals surface area (Å²) in [6.07, 6.45) is 0. The highest BCUT2D eigenvalue weighted by Crippen LogP contribution is 2.15. The molecule has 0 unspecified atom stereocenters. The molecule has 142 valence electrons. The van der Waals surface area contributed by atoms with Gasteiger partial charge in [0.05, 0.1) is 5.75 Å². The molecule has 0 bridgehead atoms. The molecule has 3 aromatic rings. The summed E-state index contributed by atoms with van der Waals surface area (Å²) >= 11 is 1.29. The number of hydrogen-bond donors (Lipinski definition) is 2. The fourth-order valence-electron chi connectivity index (χ4n) is 2.34.